The van der Waals surface area contributed by atoms with Gasteiger partial charge in [-0.1, -0.05) is 6.92 Å². The second-order valence-corrected chi connectivity index (χ2v) is 2.82. The number of hydrogen-bond donors (Lipinski definition) is 3. The Morgan fingerprint density at radius 1 is 1.43 bits per heavy atom. The lowest BCUT2D eigenvalue weighted by molar-refractivity contribution is -0.142. The van der Waals surface area contributed by atoms with Crippen LogP contribution in [0, 0.1) is 0 Å². The lowest BCUT2D eigenvalue weighted by Crippen LogP contribution is -2.41. The van der Waals surface area contributed by atoms with Gasteiger partial charge in [0.1, 0.15) is 6.04 Å². The highest BCUT2D eigenvalue weighted by Crippen LogP contribution is 1.97. The largest absolute Gasteiger partial charge is 0.480 e. The van der Waals surface area contributed by atoms with Crippen LogP contribution in [0.4, 0.5) is 0 Å². The summed E-state index contributed by atoms with van der Waals surface area (Å²) in [5.74, 6) is -2.10. The van der Waals surface area contributed by atoms with Crippen molar-refractivity contribution in [3.05, 3.63) is 0 Å². The lowest BCUT2D eigenvalue weighted by Gasteiger charge is -2.12. The van der Waals surface area contributed by atoms with Gasteiger partial charge in [-0.15, -0.1) is 0 Å². The third kappa shape index (κ3) is 5.13. The molecule has 6 heteroatoms. The number of amides is 2. The van der Waals surface area contributed by atoms with E-state index in [0.29, 0.717) is 0 Å². The SMILES string of the molecule is CCC(=O)N[C@H](CCC(N)=O)C(=O)O. The molecule has 0 radical (unpaired) electrons. The first-order valence-corrected chi connectivity index (χ1v) is 4.27. The molecule has 2 amide bonds. The molecule has 0 saturated heterocycles. The van der Waals surface area contributed by atoms with Gasteiger partial charge in [-0.05, 0) is 6.42 Å². The van der Waals surface area contributed by atoms with Crippen molar-refractivity contribution in [3.8, 4) is 0 Å². The molecular formula is C8H14N2O4. The van der Waals surface area contributed by atoms with Gasteiger partial charge in [0.25, 0.3) is 0 Å². The van der Waals surface area contributed by atoms with E-state index in [4.69, 9.17) is 10.8 Å². The van der Waals surface area contributed by atoms with E-state index in [-0.39, 0.29) is 25.2 Å². The zero-order valence-electron chi connectivity index (χ0n) is 7.95. The predicted octanol–water partition coefficient (Wildman–Crippen LogP) is -0.769. The first-order chi connectivity index (χ1) is 6.47. The Morgan fingerprint density at radius 3 is 2.36 bits per heavy atom. The van der Waals surface area contributed by atoms with E-state index in [2.05, 4.69) is 5.32 Å². The minimum absolute atomic E-state index is 0.0242. The number of carbonyl (C=O) groups is 3. The molecular weight excluding hydrogens is 188 g/mol. The molecule has 0 aliphatic carbocycles. The summed E-state index contributed by atoms with van der Waals surface area (Å²) in [6.45, 7) is 1.61. The van der Waals surface area contributed by atoms with Crippen LogP contribution >= 0.6 is 0 Å². The summed E-state index contributed by atoms with van der Waals surface area (Å²) < 4.78 is 0. The minimum atomic E-state index is -1.16. The first-order valence-electron chi connectivity index (χ1n) is 4.27. The maximum atomic E-state index is 10.9. The second kappa shape index (κ2) is 5.95. The number of nitrogens with one attached hydrogen (secondary N) is 1. The maximum Gasteiger partial charge on any atom is 0.326 e. The maximum absolute atomic E-state index is 10.9. The first kappa shape index (κ1) is 12.4. The van der Waals surface area contributed by atoms with Gasteiger partial charge < -0.3 is 16.2 Å². The number of hydrogen-bond acceptors (Lipinski definition) is 3. The molecule has 0 aromatic rings. The molecule has 0 aromatic carbocycles. The summed E-state index contributed by atoms with van der Waals surface area (Å²) in [7, 11) is 0. The summed E-state index contributed by atoms with van der Waals surface area (Å²) in [5.41, 5.74) is 4.86. The summed E-state index contributed by atoms with van der Waals surface area (Å²) >= 11 is 0. The van der Waals surface area contributed by atoms with Gasteiger partial charge in [0, 0.05) is 12.8 Å². The molecule has 1 atom stereocenters. The Balaban J connectivity index is 4.09. The summed E-state index contributed by atoms with van der Waals surface area (Å²) in [6, 6.07) is -1.03. The number of carbonyl (C=O) groups excluding carboxylic acids is 2. The van der Waals surface area contributed by atoms with Crippen LogP contribution < -0.4 is 11.1 Å². The Labute approximate surface area is 81.5 Å². The van der Waals surface area contributed by atoms with Crippen molar-refractivity contribution in [1.29, 1.82) is 0 Å². The summed E-state index contributed by atoms with van der Waals surface area (Å²) in [6.07, 6.45) is 0.178. The van der Waals surface area contributed by atoms with Crippen LogP contribution in [0.3, 0.4) is 0 Å². The summed E-state index contributed by atoms with van der Waals surface area (Å²) in [5, 5.41) is 10.9. The molecule has 0 saturated carbocycles. The van der Waals surface area contributed by atoms with Gasteiger partial charge in [0.05, 0.1) is 0 Å². The fourth-order valence-corrected chi connectivity index (χ4v) is 0.840. The van der Waals surface area contributed by atoms with E-state index < -0.39 is 17.9 Å². The molecule has 0 rings (SSSR count). The Bertz CT molecular complexity index is 239. The van der Waals surface area contributed by atoms with Gasteiger partial charge in [-0.25, -0.2) is 4.79 Å². The average Bonchev–Trinajstić information content (AvgIpc) is 2.10. The molecule has 80 valence electrons. The Hall–Kier alpha value is -1.59. The van der Waals surface area contributed by atoms with Crippen LogP contribution in [0.1, 0.15) is 26.2 Å². The zero-order chi connectivity index (χ0) is 11.1. The third-order valence-electron chi connectivity index (χ3n) is 1.63. The minimum Gasteiger partial charge on any atom is -0.480 e. The van der Waals surface area contributed by atoms with Crippen LogP contribution in [0.5, 0.6) is 0 Å². The van der Waals surface area contributed by atoms with E-state index in [1.807, 2.05) is 0 Å². The van der Waals surface area contributed by atoms with Gasteiger partial charge >= 0.3 is 5.97 Å². The number of carboxylic acids is 1. The second-order valence-electron chi connectivity index (χ2n) is 2.82. The van der Waals surface area contributed by atoms with Gasteiger partial charge in [0.2, 0.25) is 11.8 Å². The molecule has 4 N–H and O–H groups in total. The lowest BCUT2D eigenvalue weighted by atomic mass is 10.1. The molecule has 0 aliphatic heterocycles. The van der Waals surface area contributed by atoms with E-state index in [1.54, 1.807) is 6.92 Å². The average molecular weight is 202 g/mol. The van der Waals surface area contributed by atoms with E-state index in [1.165, 1.54) is 0 Å². The van der Waals surface area contributed by atoms with Gasteiger partial charge in [-0.3, -0.25) is 9.59 Å². The highest BCUT2D eigenvalue weighted by atomic mass is 16.4. The quantitative estimate of drug-likeness (QED) is 0.525. The number of rotatable bonds is 6. The van der Waals surface area contributed by atoms with E-state index in [9.17, 15) is 14.4 Å². The number of nitrogens with two attached hydrogens (primary N) is 1. The van der Waals surface area contributed by atoms with Crippen molar-refractivity contribution in [3.63, 3.8) is 0 Å². The highest BCUT2D eigenvalue weighted by Gasteiger charge is 2.19. The van der Waals surface area contributed by atoms with Gasteiger partial charge in [0.15, 0.2) is 0 Å². The summed E-state index contributed by atoms with van der Waals surface area (Å²) in [4.78, 5) is 31.9. The third-order valence-corrected chi connectivity index (χ3v) is 1.63. The van der Waals surface area contributed by atoms with E-state index >= 15 is 0 Å². The van der Waals surface area contributed by atoms with Crippen LogP contribution in [0.25, 0.3) is 0 Å². The van der Waals surface area contributed by atoms with Crippen molar-refractivity contribution < 1.29 is 19.5 Å². The zero-order valence-corrected chi connectivity index (χ0v) is 7.95. The molecule has 6 nitrogen and oxygen atoms in total. The molecule has 0 aromatic heterocycles. The highest BCUT2D eigenvalue weighted by molar-refractivity contribution is 5.84. The Kier molecular flexibility index (Phi) is 5.28. The van der Waals surface area contributed by atoms with Crippen LogP contribution in [0.2, 0.25) is 0 Å². The smallest absolute Gasteiger partial charge is 0.326 e. The van der Waals surface area contributed by atoms with Crippen molar-refractivity contribution in [2.24, 2.45) is 5.73 Å². The molecule has 0 fully saturated rings. The molecule has 0 bridgehead atoms. The van der Waals surface area contributed by atoms with Crippen molar-refractivity contribution >= 4 is 17.8 Å². The number of primary amides is 1. The molecule has 0 heterocycles. The Morgan fingerprint density at radius 2 is 2.00 bits per heavy atom. The molecule has 0 spiro atoms. The standard InChI is InChI=1S/C8H14N2O4/c1-2-7(12)10-5(8(13)14)3-4-6(9)11/h5H,2-4H2,1H3,(H2,9,11)(H,10,12)(H,13,14)/t5-/m1/s1. The fraction of sp³-hybridized carbons (Fsp3) is 0.625. The van der Waals surface area contributed by atoms with Crippen molar-refractivity contribution in [2.45, 2.75) is 32.2 Å². The van der Waals surface area contributed by atoms with Gasteiger partial charge in [-0.2, -0.15) is 0 Å². The van der Waals surface area contributed by atoms with Crippen molar-refractivity contribution in [1.82, 2.24) is 5.32 Å². The number of carboxylic acid groups (broad SMARTS) is 1. The van der Waals surface area contributed by atoms with Crippen LogP contribution in [0.15, 0.2) is 0 Å². The molecule has 0 aliphatic rings. The number of aliphatic carboxylic acids is 1. The predicted molar refractivity (Wildman–Crippen MR) is 48.3 cm³/mol. The molecule has 0 unspecified atom stereocenters. The van der Waals surface area contributed by atoms with Crippen LogP contribution in [-0.4, -0.2) is 28.9 Å². The fourth-order valence-electron chi connectivity index (χ4n) is 0.840. The van der Waals surface area contributed by atoms with E-state index in [0.717, 1.165) is 0 Å². The topological polar surface area (TPSA) is 109 Å². The van der Waals surface area contributed by atoms with Crippen molar-refractivity contribution in [2.75, 3.05) is 0 Å². The monoisotopic (exact) mass is 202 g/mol. The molecule has 14 heavy (non-hydrogen) atoms. The van der Waals surface area contributed by atoms with Crippen LogP contribution in [-0.2, 0) is 14.4 Å². The normalized spacial score (nSPS) is 11.8.